The summed E-state index contributed by atoms with van der Waals surface area (Å²) in [5.74, 6) is -2.30. The Morgan fingerprint density at radius 1 is 0.957 bits per heavy atom. The predicted octanol–water partition coefficient (Wildman–Crippen LogP) is -0.996. The fourth-order valence-electron chi connectivity index (χ4n) is 0.491. The fourth-order valence-corrected chi connectivity index (χ4v) is 0.491. The molecule has 0 aliphatic rings. The first kappa shape index (κ1) is 26.1. The molecule has 0 heterocycles. The lowest BCUT2D eigenvalue weighted by molar-refractivity contribution is -0.134. The van der Waals surface area contributed by atoms with Crippen molar-refractivity contribution >= 4 is 11.9 Å². The van der Waals surface area contributed by atoms with E-state index in [0.29, 0.717) is 6.61 Å². The van der Waals surface area contributed by atoms with Crippen LogP contribution in [0.3, 0.4) is 0 Å². The van der Waals surface area contributed by atoms with Crippen LogP contribution in [0.2, 0.25) is 0 Å². The number of carboxylic acid groups (broad SMARTS) is 2. The molecule has 0 saturated heterocycles. The lowest BCUT2D eigenvalue weighted by atomic mass is 10.3. The van der Waals surface area contributed by atoms with Gasteiger partial charge in [-0.25, -0.2) is 9.59 Å². The van der Waals surface area contributed by atoms with Crippen LogP contribution in [0, 0.1) is 0 Å². The molecule has 2 atom stereocenters. The Morgan fingerprint density at radius 2 is 1.30 bits per heavy atom. The molecule has 0 aromatic rings. The Kier molecular flexibility index (Phi) is 18.8. The number of ether oxygens (including phenoxy) is 1. The van der Waals surface area contributed by atoms with Crippen LogP contribution >= 0.6 is 0 Å². The summed E-state index contributed by atoms with van der Waals surface area (Å²) in [5.41, 5.74) is -0.361. The first-order valence-electron chi connectivity index (χ1n) is 6.47. The number of carbonyl (C=O) groups is 2. The van der Waals surface area contributed by atoms with Crippen molar-refractivity contribution in [2.45, 2.75) is 26.1 Å². The van der Waals surface area contributed by atoms with Crippen LogP contribution in [0.15, 0.2) is 24.3 Å². The van der Waals surface area contributed by atoms with Gasteiger partial charge in [0.2, 0.25) is 0 Å². The Hall–Kier alpha value is -1.78. The summed E-state index contributed by atoms with van der Waals surface area (Å²) >= 11 is 0. The monoisotopic (exact) mass is 338 g/mol. The smallest absolute Gasteiger partial charge is 0.333 e. The van der Waals surface area contributed by atoms with Crippen molar-refractivity contribution in [3.63, 3.8) is 0 Å². The van der Waals surface area contributed by atoms with Gasteiger partial charge in [-0.2, -0.15) is 0 Å². The normalized spacial score (nSPS) is 11.7. The quantitative estimate of drug-likeness (QED) is 0.304. The Labute approximate surface area is 134 Å². The van der Waals surface area contributed by atoms with E-state index in [0.717, 1.165) is 0 Å². The SMILES string of the molecule is C=C(CO)C(=O)O.C=C(CO)C(=O)O.CC(O)COC(C)CO. The molecule has 2 unspecified atom stereocenters. The molecule has 136 valence electrons. The van der Waals surface area contributed by atoms with Gasteiger partial charge in [0.05, 0.1) is 49.8 Å². The van der Waals surface area contributed by atoms with E-state index >= 15 is 0 Å². The van der Waals surface area contributed by atoms with E-state index in [9.17, 15) is 9.59 Å². The molecule has 0 aromatic carbocycles. The molecule has 0 radical (unpaired) electrons. The fraction of sp³-hybridized carbons (Fsp3) is 0.571. The van der Waals surface area contributed by atoms with E-state index in [1.165, 1.54) is 0 Å². The van der Waals surface area contributed by atoms with Crippen LogP contribution in [0.1, 0.15) is 13.8 Å². The van der Waals surface area contributed by atoms with E-state index in [2.05, 4.69) is 13.2 Å². The molecule has 0 spiro atoms. The van der Waals surface area contributed by atoms with Gasteiger partial charge in [0.15, 0.2) is 0 Å². The third-order valence-electron chi connectivity index (χ3n) is 1.87. The summed E-state index contributed by atoms with van der Waals surface area (Å²) in [6.07, 6.45) is -0.612. The lowest BCUT2D eigenvalue weighted by Crippen LogP contribution is -2.19. The van der Waals surface area contributed by atoms with Crippen LogP contribution in [-0.4, -0.2) is 81.2 Å². The predicted molar refractivity (Wildman–Crippen MR) is 81.9 cm³/mol. The second-order valence-corrected chi connectivity index (χ2v) is 4.31. The second-order valence-electron chi connectivity index (χ2n) is 4.31. The standard InChI is InChI=1S/C6H14O3.2C4H6O3/c1-5(8)4-9-6(2)3-7;2*1-3(2-5)4(6)7/h5-8H,3-4H2,1-2H3;2*5H,1-2H2,(H,6,7). The van der Waals surface area contributed by atoms with Crippen LogP contribution in [0.4, 0.5) is 0 Å². The highest BCUT2D eigenvalue weighted by Gasteiger charge is 2.01. The van der Waals surface area contributed by atoms with Gasteiger partial charge in [-0.15, -0.1) is 0 Å². The summed E-state index contributed by atoms with van der Waals surface area (Å²) in [6.45, 7) is 8.79. The van der Waals surface area contributed by atoms with Crippen molar-refractivity contribution in [2.24, 2.45) is 0 Å². The highest BCUT2D eigenvalue weighted by Crippen LogP contribution is 1.90. The third kappa shape index (κ3) is 22.6. The van der Waals surface area contributed by atoms with Crippen molar-refractivity contribution in [1.82, 2.24) is 0 Å². The van der Waals surface area contributed by atoms with Crippen molar-refractivity contribution < 1.29 is 45.0 Å². The molecular formula is C14H26O9. The summed E-state index contributed by atoms with van der Waals surface area (Å²) in [4.78, 5) is 19.3. The molecular weight excluding hydrogens is 312 g/mol. The van der Waals surface area contributed by atoms with Gasteiger partial charge >= 0.3 is 11.9 Å². The molecule has 0 saturated carbocycles. The van der Waals surface area contributed by atoms with E-state index in [1.807, 2.05) is 0 Å². The summed E-state index contributed by atoms with van der Waals surface area (Å²) in [5, 5.41) is 49.0. The van der Waals surface area contributed by atoms with Gasteiger partial charge in [-0.3, -0.25) is 0 Å². The molecule has 0 rings (SSSR count). The maximum absolute atomic E-state index is 9.67. The van der Waals surface area contributed by atoms with Crippen molar-refractivity contribution in [3.05, 3.63) is 24.3 Å². The second kappa shape index (κ2) is 16.6. The Bertz CT molecular complexity index is 337. The number of carboxylic acids is 2. The zero-order chi connectivity index (χ0) is 19.0. The van der Waals surface area contributed by atoms with Gasteiger partial charge in [0.1, 0.15) is 0 Å². The van der Waals surface area contributed by atoms with Gasteiger partial charge in [0, 0.05) is 0 Å². The van der Waals surface area contributed by atoms with Crippen LogP contribution in [-0.2, 0) is 14.3 Å². The summed E-state index contributed by atoms with van der Waals surface area (Å²) in [6, 6.07) is 0. The minimum atomic E-state index is -1.15. The molecule has 0 bridgehead atoms. The molecule has 0 fully saturated rings. The Morgan fingerprint density at radius 3 is 1.43 bits per heavy atom. The number of aliphatic hydroxyl groups is 4. The minimum Gasteiger partial charge on any atom is -0.478 e. The Balaban J connectivity index is -0.000000264. The van der Waals surface area contributed by atoms with Crippen molar-refractivity contribution in [3.8, 4) is 0 Å². The van der Waals surface area contributed by atoms with Crippen molar-refractivity contribution in [1.29, 1.82) is 0 Å². The van der Waals surface area contributed by atoms with Gasteiger partial charge in [0.25, 0.3) is 0 Å². The van der Waals surface area contributed by atoms with E-state index in [4.69, 9.17) is 35.4 Å². The third-order valence-corrected chi connectivity index (χ3v) is 1.87. The zero-order valence-electron chi connectivity index (χ0n) is 13.3. The number of hydrogen-bond donors (Lipinski definition) is 6. The molecule has 0 aliphatic heterocycles. The molecule has 0 amide bonds. The summed E-state index contributed by atoms with van der Waals surface area (Å²) in [7, 11) is 0. The molecule has 23 heavy (non-hydrogen) atoms. The number of aliphatic carboxylic acids is 2. The van der Waals surface area contributed by atoms with E-state index in [-0.39, 0.29) is 23.9 Å². The topological polar surface area (TPSA) is 165 Å². The first-order valence-corrected chi connectivity index (χ1v) is 6.47. The molecule has 9 nitrogen and oxygen atoms in total. The van der Waals surface area contributed by atoms with Gasteiger partial charge < -0.3 is 35.4 Å². The average molecular weight is 338 g/mol. The maximum Gasteiger partial charge on any atom is 0.333 e. The van der Waals surface area contributed by atoms with Gasteiger partial charge in [-0.05, 0) is 13.8 Å². The largest absolute Gasteiger partial charge is 0.478 e. The van der Waals surface area contributed by atoms with Crippen LogP contribution in [0.5, 0.6) is 0 Å². The highest BCUT2D eigenvalue weighted by atomic mass is 16.5. The molecule has 0 aromatic heterocycles. The van der Waals surface area contributed by atoms with Gasteiger partial charge in [-0.1, -0.05) is 13.2 Å². The number of hydrogen-bond acceptors (Lipinski definition) is 7. The number of rotatable bonds is 8. The number of aliphatic hydroxyl groups excluding tert-OH is 4. The molecule has 6 N–H and O–H groups in total. The van der Waals surface area contributed by atoms with E-state index in [1.54, 1.807) is 13.8 Å². The minimum absolute atomic E-state index is 0.00667. The lowest BCUT2D eigenvalue weighted by Gasteiger charge is -2.10. The average Bonchev–Trinajstić information content (AvgIpc) is 2.51. The maximum atomic E-state index is 9.67. The molecule has 9 heteroatoms. The van der Waals surface area contributed by atoms with E-state index < -0.39 is 31.3 Å². The highest BCUT2D eigenvalue weighted by molar-refractivity contribution is 5.86. The summed E-state index contributed by atoms with van der Waals surface area (Å²) < 4.78 is 4.95. The van der Waals surface area contributed by atoms with Crippen LogP contribution < -0.4 is 0 Å². The molecule has 0 aliphatic carbocycles. The van der Waals surface area contributed by atoms with Crippen molar-refractivity contribution in [2.75, 3.05) is 26.4 Å². The first-order chi connectivity index (χ1) is 10.5. The van der Waals surface area contributed by atoms with Crippen LogP contribution in [0.25, 0.3) is 0 Å². The zero-order valence-corrected chi connectivity index (χ0v) is 13.3.